The monoisotopic (exact) mass is 304 g/mol. The Morgan fingerprint density at radius 2 is 2.47 bits per heavy atom. The number of rotatable bonds is 4. The lowest BCUT2D eigenvalue weighted by atomic mass is 10.2. The van der Waals surface area contributed by atoms with Gasteiger partial charge in [0.15, 0.2) is 0 Å². The number of alkyl halides is 1. The number of carbonyl (C=O) groups excluding carboxylic acids is 1. The van der Waals surface area contributed by atoms with Gasteiger partial charge in [0.05, 0.1) is 36.8 Å². The number of morpholine rings is 1. The lowest BCUT2D eigenvalue weighted by molar-refractivity contribution is -0.146. The normalized spacial score (nSPS) is 23.6. The molecule has 0 bridgehead atoms. The van der Waals surface area contributed by atoms with E-state index >= 15 is 0 Å². The third kappa shape index (κ3) is 3.89. The van der Waals surface area contributed by atoms with Crippen LogP contribution in [0.5, 0.6) is 0 Å². The maximum atomic E-state index is 12.2. The van der Waals surface area contributed by atoms with Crippen LogP contribution in [0.4, 0.5) is 0 Å². The second kappa shape index (κ2) is 6.65. The molecule has 1 aliphatic heterocycles. The lowest BCUT2D eigenvalue weighted by Gasteiger charge is -2.36. The van der Waals surface area contributed by atoms with Crippen molar-refractivity contribution in [1.29, 1.82) is 0 Å². The van der Waals surface area contributed by atoms with Gasteiger partial charge >= 0.3 is 0 Å². The van der Waals surface area contributed by atoms with E-state index in [1.54, 1.807) is 4.90 Å². The van der Waals surface area contributed by atoms with Gasteiger partial charge in [-0.05, 0) is 6.92 Å². The van der Waals surface area contributed by atoms with E-state index in [9.17, 15) is 4.79 Å². The van der Waals surface area contributed by atoms with Gasteiger partial charge in [-0.25, -0.2) is 4.98 Å². The smallest absolute Gasteiger partial charge is 0.229 e. The molecule has 0 aromatic carbocycles. The highest BCUT2D eigenvalue weighted by molar-refractivity contribution is 7.09. The zero-order chi connectivity index (χ0) is 13.8. The summed E-state index contributed by atoms with van der Waals surface area (Å²) in [4.78, 5) is 18.2. The number of thiazole rings is 1. The molecule has 2 atom stereocenters. The number of aliphatic hydroxyl groups excluding tert-OH is 1. The highest BCUT2D eigenvalue weighted by atomic mass is 35.5. The maximum Gasteiger partial charge on any atom is 0.229 e. The van der Waals surface area contributed by atoms with Crippen molar-refractivity contribution in [2.45, 2.75) is 31.4 Å². The first kappa shape index (κ1) is 14.7. The Balaban J connectivity index is 1.95. The van der Waals surface area contributed by atoms with Gasteiger partial charge < -0.3 is 14.7 Å². The molecule has 1 aliphatic rings. The molecule has 106 valence electrons. The van der Waals surface area contributed by atoms with Crippen molar-refractivity contribution in [2.75, 3.05) is 19.7 Å². The largest absolute Gasteiger partial charge is 0.394 e. The molecule has 0 saturated carbocycles. The fourth-order valence-electron chi connectivity index (χ4n) is 2.08. The van der Waals surface area contributed by atoms with E-state index < -0.39 is 0 Å². The summed E-state index contributed by atoms with van der Waals surface area (Å²) in [6.07, 6.45) is -0.0566. The minimum absolute atomic E-state index is 0.0177. The first-order chi connectivity index (χ1) is 9.12. The number of amides is 1. The van der Waals surface area contributed by atoms with Crippen LogP contribution in [0.2, 0.25) is 0 Å². The molecule has 19 heavy (non-hydrogen) atoms. The molecule has 1 fully saturated rings. The van der Waals surface area contributed by atoms with E-state index in [1.807, 2.05) is 12.3 Å². The zero-order valence-electron chi connectivity index (χ0n) is 10.7. The standard InChI is InChI=1S/C12H17ClN2O3S/c1-8-4-15(5-10(6-16)18-8)12(17)2-11-14-9(3-13)7-19-11/h7-8,10,16H,2-6H2,1H3. The van der Waals surface area contributed by atoms with Crippen molar-refractivity contribution in [3.8, 4) is 0 Å². The average molecular weight is 305 g/mol. The number of aromatic nitrogens is 1. The van der Waals surface area contributed by atoms with Crippen molar-refractivity contribution in [3.05, 3.63) is 16.1 Å². The molecule has 1 aromatic heterocycles. The van der Waals surface area contributed by atoms with Crippen molar-refractivity contribution in [1.82, 2.24) is 9.88 Å². The number of halogens is 1. The molecule has 1 N–H and O–H groups in total. The minimum atomic E-state index is -0.289. The zero-order valence-corrected chi connectivity index (χ0v) is 12.3. The molecule has 0 radical (unpaired) electrons. The van der Waals surface area contributed by atoms with Gasteiger partial charge in [-0.2, -0.15) is 0 Å². The Morgan fingerprint density at radius 3 is 3.11 bits per heavy atom. The molecule has 1 amide bonds. The summed E-state index contributed by atoms with van der Waals surface area (Å²) in [6.45, 7) is 2.83. The molecular weight excluding hydrogens is 288 g/mol. The number of hydrogen-bond acceptors (Lipinski definition) is 5. The average Bonchev–Trinajstić information content (AvgIpc) is 2.85. The van der Waals surface area contributed by atoms with E-state index in [0.717, 1.165) is 10.7 Å². The van der Waals surface area contributed by atoms with E-state index in [-0.39, 0.29) is 31.1 Å². The first-order valence-corrected chi connectivity index (χ1v) is 7.57. The summed E-state index contributed by atoms with van der Waals surface area (Å²) in [6, 6.07) is 0. The molecule has 1 aromatic rings. The van der Waals surface area contributed by atoms with Crippen LogP contribution in [0.3, 0.4) is 0 Å². The molecule has 2 rings (SSSR count). The second-order valence-electron chi connectivity index (χ2n) is 4.59. The molecule has 2 unspecified atom stereocenters. The number of ether oxygens (including phenoxy) is 1. The molecule has 1 saturated heterocycles. The number of nitrogens with zero attached hydrogens (tertiary/aromatic N) is 2. The Morgan fingerprint density at radius 1 is 1.68 bits per heavy atom. The summed E-state index contributed by atoms with van der Waals surface area (Å²) >= 11 is 7.14. The topological polar surface area (TPSA) is 62.7 Å². The first-order valence-electron chi connectivity index (χ1n) is 6.15. The molecule has 0 aliphatic carbocycles. The van der Waals surface area contributed by atoms with Crippen LogP contribution in [0, 0.1) is 0 Å². The van der Waals surface area contributed by atoms with Crippen LogP contribution in [0.1, 0.15) is 17.6 Å². The maximum absolute atomic E-state index is 12.2. The van der Waals surface area contributed by atoms with Crippen LogP contribution in [0.15, 0.2) is 5.38 Å². The van der Waals surface area contributed by atoms with Gasteiger partial charge in [0.25, 0.3) is 0 Å². The predicted molar refractivity (Wildman–Crippen MR) is 73.4 cm³/mol. The van der Waals surface area contributed by atoms with Crippen molar-refractivity contribution in [3.63, 3.8) is 0 Å². The molecule has 0 spiro atoms. The van der Waals surface area contributed by atoms with Crippen molar-refractivity contribution < 1.29 is 14.6 Å². The fraction of sp³-hybridized carbons (Fsp3) is 0.667. The Hall–Kier alpha value is -0.690. The third-order valence-corrected chi connectivity index (χ3v) is 4.09. The van der Waals surface area contributed by atoms with Crippen molar-refractivity contribution >= 4 is 28.8 Å². The lowest BCUT2D eigenvalue weighted by Crippen LogP contribution is -2.50. The van der Waals surface area contributed by atoms with Crippen LogP contribution in [-0.2, 0) is 21.8 Å². The van der Waals surface area contributed by atoms with E-state index in [2.05, 4.69) is 4.98 Å². The Kier molecular flexibility index (Phi) is 5.15. The van der Waals surface area contributed by atoms with Gasteiger partial charge in [0.2, 0.25) is 5.91 Å². The Labute approximate surface area is 121 Å². The number of hydrogen-bond donors (Lipinski definition) is 1. The van der Waals surface area contributed by atoms with Crippen LogP contribution in [0.25, 0.3) is 0 Å². The van der Waals surface area contributed by atoms with Crippen molar-refractivity contribution in [2.24, 2.45) is 0 Å². The number of carbonyl (C=O) groups is 1. The summed E-state index contributed by atoms with van der Waals surface area (Å²) < 4.78 is 5.51. The van der Waals surface area contributed by atoms with Gasteiger partial charge in [-0.3, -0.25) is 4.79 Å². The SMILES string of the molecule is CC1CN(C(=O)Cc2nc(CCl)cs2)CC(CO)O1. The third-order valence-electron chi connectivity index (χ3n) is 2.92. The second-order valence-corrected chi connectivity index (χ2v) is 5.80. The quantitative estimate of drug-likeness (QED) is 0.844. The molecule has 2 heterocycles. The highest BCUT2D eigenvalue weighted by Crippen LogP contribution is 2.16. The summed E-state index contributed by atoms with van der Waals surface area (Å²) in [7, 11) is 0. The van der Waals surface area contributed by atoms with Gasteiger partial charge in [0.1, 0.15) is 5.01 Å². The van der Waals surface area contributed by atoms with E-state index in [0.29, 0.717) is 19.0 Å². The van der Waals surface area contributed by atoms with Crippen LogP contribution < -0.4 is 0 Å². The highest BCUT2D eigenvalue weighted by Gasteiger charge is 2.28. The summed E-state index contributed by atoms with van der Waals surface area (Å²) in [5.74, 6) is 0.385. The molecule has 5 nitrogen and oxygen atoms in total. The molecule has 7 heteroatoms. The Bertz CT molecular complexity index is 440. The summed E-state index contributed by atoms with van der Waals surface area (Å²) in [5, 5.41) is 11.8. The minimum Gasteiger partial charge on any atom is -0.394 e. The van der Waals surface area contributed by atoms with Crippen LogP contribution >= 0.6 is 22.9 Å². The van der Waals surface area contributed by atoms with Gasteiger partial charge in [0, 0.05) is 18.5 Å². The molecular formula is C12H17ClN2O3S. The van der Waals surface area contributed by atoms with Crippen LogP contribution in [-0.4, -0.2) is 52.8 Å². The predicted octanol–water partition coefficient (Wildman–Crippen LogP) is 1.03. The fourth-order valence-corrected chi connectivity index (χ4v) is 3.10. The van der Waals surface area contributed by atoms with Gasteiger partial charge in [-0.15, -0.1) is 22.9 Å². The number of aliphatic hydroxyl groups is 1. The summed E-state index contributed by atoms with van der Waals surface area (Å²) in [5.41, 5.74) is 0.804. The van der Waals surface area contributed by atoms with E-state index in [1.165, 1.54) is 11.3 Å². The van der Waals surface area contributed by atoms with Gasteiger partial charge in [-0.1, -0.05) is 0 Å². The van der Waals surface area contributed by atoms with E-state index in [4.69, 9.17) is 21.4 Å².